The fourth-order valence-electron chi connectivity index (χ4n) is 2.39. The summed E-state index contributed by atoms with van der Waals surface area (Å²) in [6.45, 7) is 2.84. The number of nitrogens with zero attached hydrogens (tertiary/aromatic N) is 3. The number of H-pyrrole nitrogens is 1. The van der Waals surface area contributed by atoms with E-state index in [4.69, 9.17) is 4.74 Å². The number of aromatic amines is 1. The molecule has 6 heteroatoms. The van der Waals surface area contributed by atoms with Crippen LogP contribution < -0.4 is 9.75 Å². The van der Waals surface area contributed by atoms with Gasteiger partial charge in [-0.25, -0.2) is 9.99 Å². The first kappa shape index (κ1) is 15.3. The van der Waals surface area contributed by atoms with Crippen molar-refractivity contribution in [3.05, 3.63) is 42.5 Å². The Bertz CT molecular complexity index is 677. The lowest BCUT2D eigenvalue weighted by Gasteiger charge is -2.12. The van der Waals surface area contributed by atoms with E-state index in [1.165, 1.54) is 5.01 Å². The van der Waals surface area contributed by atoms with Crippen molar-refractivity contribution < 1.29 is 9.53 Å². The lowest BCUT2D eigenvalue weighted by molar-refractivity contribution is -0.116. The van der Waals surface area contributed by atoms with Gasteiger partial charge < -0.3 is 9.72 Å². The Morgan fingerprint density at radius 2 is 2.13 bits per heavy atom. The third kappa shape index (κ3) is 3.77. The summed E-state index contributed by atoms with van der Waals surface area (Å²) < 4.78 is 5.63. The lowest BCUT2D eigenvalue weighted by Crippen LogP contribution is -2.19. The molecule has 0 bridgehead atoms. The fourth-order valence-corrected chi connectivity index (χ4v) is 2.39. The summed E-state index contributed by atoms with van der Waals surface area (Å²) in [4.78, 5) is 19.4. The number of hydrogen-bond donors (Lipinski definition) is 1. The SMILES string of the molecule is CCCCOc1ccc(N2N=C(Cc3ncc[nH]3)CC2=O)cc1. The van der Waals surface area contributed by atoms with Gasteiger partial charge in [-0.2, -0.15) is 5.10 Å². The van der Waals surface area contributed by atoms with E-state index in [0.29, 0.717) is 19.4 Å². The molecule has 0 radical (unpaired) electrons. The summed E-state index contributed by atoms with van der Waals surface area (Å²) in [5, 5.41) is 5.87. The molecule has 3 rings (SSSR count). The minimum atomic E-state index is -0.0220. The van der Waals surface area contributed by atoms with Gasteiger partial charge in [-0.1, -0.05) is 13.3 Å². The maximum atomic E-state index is 12.2. The zero-order valence-electron chi connectivity index (χ0n) is 13.2. The van der Waals surface area contributed by atoms with Crippen LogP contribution in [-0.4, -0.2) is 28.2 Å². The Balaban J connectivity index is 1.66. The second-order valence-corrected chi connectivity index (χ2v) is 5.46. The summed E-state index contributed by atoms with van der Waals surface area (Å²) in [6.07, 6.45) is 6.49. The first-order valence-electron chi connectivity index (χ1n) is 7.86. The van der Waals surface area contributed by atoms with Gasteiger partial charge >= 0.3 is 0 Å². The molecule has 1 aliphatic rings. The zero-order chi connectivity index (χ0) is 16.1. The van der Waals surface area contributed by atoms with E-state index in [1.54, 1.807) is 12.4 Å². The molecule has 23 heavy (non-hydrogen) atoms. The van der Waals surface area contributed by atoms with E-state index in [0.717, 1.165) is 35.8 Å². The normalized spacial score (nSPS) is 14.2. The highest BCUT2D eigenvalue weighted by Crippen LogP contribution is 2.24. The summed E-state index contributed by atoms with van der Waals surface area (Å²) >= 11 is 0. The Hall–Kier alpha value is -2.63. The van der Waals surface area contributed by atoms with Crippen molar-refractivity contribution in [3.63, 3.8) is 0 Å². The highest BCUT2D eigenvalue weighted by Gasteiger charge is 2.25. The molecular weight excluding hydrogens is 292 g/mol. The summed E-state index contributed by atoms with van der Waals surface area (Å²) in [6, 6.07) is 7.47. The first-order valence-corrected chi connectivity index (χ1v) is 7.86. The molecule has 0 saturated carbocycles. The Labute approximate surface area is 135 Å². The van der Waals surface area contributed by atoms with Crippen LogP contribution in [0.25, 0.3) is 0 Å². The number of rotatable bonds is 7. The van der Waals surface area contributed by atoms with Gasteiger partial charge in [0.1, 0.15) is 11.6 Å². The topological polar surface area (TPSA) is 70.6 Å². The Kier molecular flexibility index (Phi) is 4.71. The molecule has 1 aliphatic heterocycles. The van der Waals surface area contributed by atoms with Crippen LogP contribution in [0.5, 0.6) is 5.75 Å². The van der Waals surface area contributed by atoms with Crippen LogP contribution in [0.4, 0.5) is 5.69 Å². The molecule has 1 aromatic carbocycles. The van der Waals surface area contributed by atoms with Crippen LogP contribution in [0.15, 0.2) is 41.8 Å². The number of hydrazone groups is 1. The Morgan fingerprint density at radius 1 is 1.30 bits per heavy atom. The van der Waals surface area contributed by atoms with Crippen molar-refractivity contribution in [2.24, 2.45) is 5.10 Å². The predicted molar refractivity (Wildman–Crippen MR) is 88.7 cm³/mol. The number of carbonyl (C=O) groups excluding carboxylic acids is 1. The van der Waals surface area contributed by atoms with E-state index in [-0.39, 0.29) is 5.91 Å². The highest BCUT2D eigenvalue weighted by molar-refractivity contribution is 6.13. The standard InChI is InChI=1S/C17H20N4O2/c1-2-3-10-23-15-6-4-14(5-7-15)21-17(22)12-13(20-21)11-16-18-8-9-19-16/h4-9H,2-3,10-12H2,1H3,(H,18,19). The van der Waals surface area contributed by atoms with Crippen molar-refractivity contribution >= 4 is 17.3 Å². The number of benzene rings is 1. The van der Waals surface area contributed by atoms with Gasteiger partial charge in [0.05, 0.1) is 24.4 Å². The smallest absolute Gasteiger partial charge is 0.253 e. The number of anilines is 1. The van der Waals surface area contributed by atoms with Gasteiger partial charge in [-0.05, 0) is 30.7 Å². The average Bonchev–Trinajstić information content (AvgIpc) is 3.18. The molecule has 120 valence electrons. The molecular formula is C17H20N4O2. The second-order valence-electron chi connectivity index (χ2n) is 5.46. The predicted octanol–water partition coefficient (Wildman–Crippen LogP) is 2.92. The lowest BCUT2D eigenvalue weighted by atomic mass is 10.2. The first-order chi connectivity index (χ1) is 11.3. The largest absolute Gasteiger partial charge is 0.494 e. The van der Waals surface area contributed by atoms with Gasteiger partial charge in [0.15, 0.2) is 0 Å². The maximum absolute atomic E-state index is 12.2. The molecule has 1 aromatic heterocycles. The van der Waals surface area contributed by atoms with Crippen LogP contribution in [-0.2, 0) is 11.2 Å². The van der Waals surface area contributed by atoms with Crippen molar-refractivity contribution in [1.82, 2.24) is 9.97 Å². The van der Waals surface area contributed by atoms with E-state index in [2.05, 4.69) is 22.0 Å². The van der Waals surface area contributed by atoms with Crippen LogP contribution in [0.2, 0.25) is 0 Å². The average molecular weight is 312 g/mol. The van der Waals surface area contributed by atoms with E-state index >= 15 is 0 Å². The van der Waals surface area contributed by atoms with E-state index in [9.17, 15) is 4.79 Å². The van der Waals surface area contributed by atoms with E-state index in [1.807, 2.05) is 24.3 Å². The summed E-state index contributed by atoms with van der Waals surface area (Å²) in [5.41, 5.74) is 1.57. The van der Waals surface area contributed by atoms with Crippen molar-refractivity contribution in [2.75, 3.05) is 11.6 Å². The number of hydrogen-bond acceptors (Lipinski definition) is 4. The molecule has 1 amide bonds. The van der Waals surface area contributed by atoms with Crippen molar-refractivity contribution in [2.45, 2.75) is 32.6 Å². The molecule has 0 fully saturated rings. The Morgan fingerprint density at radius 3 is 2.83 bits per heavy atom. The zero-order valence-corrected chi connectivity index (χ0v) is 13.2. The number of aromatic nitrogens is 2. The molecule has 0 spiro atoms. The van der Waals surface area contributed by atoms with E-state index < -0.39 is 0 Å². The van der Waals surface area contributed by atoms with Crippen LogP contribution >= 0.6 is 0 Å². The fraction of sp³-hybridized carbons (Fsp3) is 0.353. The molecule has 0 aliphatic carbocycles. The highest BCUT2D eigenvalue weighted by atomic mass is 16.5. The number of ether oxygens (including phenoxy) is 1. The van der Waals surface area contributed by atoms with Gasteiger partial charge in [-0.3, -0.25) is 4.79 Å². The maximum Gasteiger partial charge on any atom is 0.253 e. The minimum Gasteiger partial charge on any atom is -0.494 e. The molecule has 0 atom stereocenters. The van der Waals surface area contributed by atoms with Gasteiger partial charge in [0.2, 0.25) is 0 Å². The minimum absolute atomic E-state index is 0.0220. The quantitative estimate of drug-likeness (QED) is 0.799. The molecule has 0 saturated heterocycles. The molecule has 0 unspecified atom stereocenters. The van der Waals surface area contributed by atoms with Crippen LogP contribution in [0.1, 0.15) is 32.0 Å². The van der Waals surface area contributed by atoms with Crippen LogP contribution in [0.3, 0.4) is 0 Å². The van der Waals surface area contributed by atoms with Gasteiger partial charge in [0.25, 0.3) is 5.91 Å². The van der Waals surface area contributed by atoms with Crippen molar-refractivity contribution in [1.29, 1.82) is 0 Å². The van der Waals surface area contributed by atoms with Gasteiger partial charge in [-0.15, -0.1) is 0 Å². The third-order valence-electron chi connectivity index (χ3n) is 3.61. The summed E-state index contributed by atoms with van der Waals surface area (Å²) in [7, 11) is 0. The second kappa shape index (κ2) is 7.09. The molecule has 2 aromatic rings. The molecule has 6 nitrogen and oxygen atoms in total. The summed E-state index contributed by atoms with van der Waals surface area (Å²) in [5.74, 6) is 1.61. The third-order valence-corrected chi connectivity index (χ3v) is 3.61. The van der Waals surface area contributed by atoms with Crippen LogP contribution in [0, 0.1) is 0 Å². The molecule has 2 heterocycles. The number of unbranched alkanes of at least 4 members (excludes halogenated alkanes) is 1. The monoisotopic (exact) mass is 312 g/mol. The van der Waals surface area contributed by atoms with Crippen molar-refractivity contribution in [3.8, 4) is 5.75 Å². The number of imidazole rings is 1. The number of amides is 1. The number of nitrogens with one attached hydrogen (secondary N) is 1. The number of carbonyl (C=O) groups is 1. The molecule has 1 N–H and O–H groups in total. The van der Waals surface area contributed by atoms with Gasteiger partial charge in [0, 0.05) is 18.8 Å².